The van der Waals surface area contributed by atoms with Crippen LogP contribution < -0.4 is 4.74 Å². The topological polar surface area (TPSA) is 87.2 Å². The molecule has 0 saturated carbocycles. The number of piperazine rings is 1. The summed E-state index contributed by atoms with van der Waals surface area (Å²) in [6.07, 6.45) is 3.46. The summed E-state index contributed by atoms with van der Waals surface area (Å²) in [6, 6.07) is 7.44. The number of sulfone groups is 1. The molecule has 1 aromatic carbocycles. The zero-order valence-corrected chi connectivity index (χ0v) is 21.1. The van der Waals surface area contributed by atoms with Crippen molar-refractivity contribution in [3.05, 3.63) is 29.8 Å². The fraction of sp³-hybridized carbons (Fsp3) is 0.680. The second-order valence-electron chi connectivity index (χ2n) is 9.69. The van der Waals surface area contributed by atoms with Crippen molar-refractivity contribution < 1.29 is 22.7 Å². The summed E-state index contributed by atoms with van der Waals surface area (Å²) in [6.45, 7) is 5.30. The number of nitrogens with zero attached hydrogens (tertiary/aromatic N) is 3. The first-order valence-electron chi connectivity index (χ1n) is 12.5. The zero-order chi connectivity index (χ0) is 24.3. The van der Waals surface area contributed by atoms with Crippen molar-refractivity contribution in [1.82, 2.24) is 14.7 Å². The van der Waals surface area contributed by atoms with E-state index in [1.807, 2.05) is 34.1 Å². The molecule has 3 unspecified atom stereocenters. The lowest BCUT2D eigenvalue weighted by Crippen LogP contribution is -2.55. The molecule has 0 N–H and O–H groups in total. The molecule has 0 radical (unpaired) electrons. The first-order valence-corrected chi connectivity index (χ1v) is 14.3. The van der Waals surface area contributed by atoms with E-state index in [1.54, 1.807) is 7.11 Å². The molecule has 3 heterocycles. The Kier molecular flexibility index (Phi) is 7.82. The zero-order valence-electron chi connectivity index (χ0n) is 20.3. The standard InChI is InChI=1S/C25H37N3O5S/c1-3-4-12-28-23(29)10-9-21(24(28)20-7-5-6-8-22(20)33-2)25(30)27-15-13-26(14-16-27)19-11-17-34(31,32)18-19/h5-8,19,21,24H,3-4,9-18H2,1-2H3. The first kappa shape index (κ1) is 25.0. The van der Waals surface area contributed by atoms with Crippen molar-refractivity contribution in [3.63, 3.8) is 0 Å². The number of ether oxygens (including phenoxy) is 1. The van der Waals surface area contributed by atoms with Gasteiger partial charge >= 0.3 is 0 Å². The maximum Gasteiger partial charge on any atom is 0.228 e. The van der Waals surface area contributed by atoms with Crippen LogP contribution in [0.3, 0.4) is 0 Å². The molecule has 3 fully saturated rings. The Morgan fingerprint density at radius 3 is 2.50 bits per heavy atom. The average molecular weight is 492 g/mol. The highest BCUT2D eigenvalue weighted by Gasteiger charge is 2.44. The third-order valence-corrected chi connectivity index (χ3v) is 9.33. The smallest absolute Gasteiger partial charge is 0.228 e. The van der Waals surface area contributed by atoms with Crippen molar-refractivity contribution >= 4 is 21.7 Å². The van der Waals surface area contributed by atoms with Crippen LogP contribution in [0.2, 0.25) is 0 Å². The molecule has 3 aliphatic rings. The Balaban J connectivity index is 1.52. The number of piperidine rings is 1. The third-order valence-electron chi connectivity index (χ3n) is 7.58. The van der Waals surface area contributed by atoms with Crippen molar-refractivity contribution in [2.24, 2.45) is 5.92 Å². The van der Waals surface area contributed by atoms with Gasteiger partial charge in [0.2, 0.25) is 11.8 Å². The number of likely N-dealkylation sites (tertiary alicyclic amines) is 1. The maximum atomic E-state index is 13.8. The lowest BCUT2D eigenvalue weighted by atomic mass is 9.82. The largest absolute Gasteiger partial charge is 0.496 e. The minimum Gasteiger partial charge on any atom is -0.496 e. The predicted molar refractivity (Wildman–Crippen MR) is 130 cm³/mol. The molecule has 188 valence electrons. The van der Waals surface area contributed by atoms with Crippen LogP contribution in [0.25, 0.3) is 0 Å². The number of hydrogen-bond donors (Lipinski definition) is 0. The summed E-state index contributed by atoms with van der Waals surface area (Å²) in [4.78, 5) is 32.8. The van der Waals surface area contributed by atoms with Gasteiger partial charge in [-0.05, 0) is 25.3 Å². The van der Waals surface area contributed by atoms with E-state index in [2.05, 4.69) is 11.8 Å². The van der Waals surface area contributed by atoms with E-state index >= 15 is 0 Å². The number of benzene rings is 1. The van der Waals surface area contributed by atoms with Gasteiger partial charge in [-0.25, -0.2) is 8.42 Å². The molecular formula is C25H37N3O5S. The first-order chi connectivity index (χ1) is 16.3. The van der Waals surface area contributed by atoms with E-state index in [0.717, 1.165) is 18.4 Å². The molecule has 3 aliphatic heterocycles. The highest BCUT2D eigenvalue weighted by Crippen LogP contribution is 2.41. The van der Waals surface area contributed by atoms with Gasteiger partial charge in [-0.3, -0.25) is 14.5 Å². The molecule has 3 saturated heterocycles. The molecular weight excluding hydrogens is 454 g/mol. The number of amides is 2. The highest BCUT2D eigenvalue weighted by atomic mass is 32.2. The van der Waals surface area contributed by atoms with E-state index < -0.39 is 9.84 Å². The van der Waals surface area contributed by atoms with Gasteiger partial charge < -0.3 is 14.5 Å². The predicted octanol–water partition coefficient (Wildman–Crippen LogP) is 2.11. The minimum atomic E-state index is -2.93. The molecule has 4 rings (SSSR count). The van der Waals surface area contributed by atoms with Crippen LogP contribution in [0.1, 0.15) is 50.6 Å². The Bertz CT molecular complexity index is 990. The quantitative estimate of drug-likeness (QED) is 0.581. The molecule has 34 heavy (non-hydrogen) atoms. The number of unbranched alkanes of at least 4 members (excludes halogenated alkanes) is 1. The van der Waals surface area contributed by atoms with Gasteiger partial charge in [0.15, 0.2) is 9.84 Å². The number of rotatable bonds is 7. The summed E-state index contributed by atoms with van der Waals surface area (Å²) >= 11 is 0. The van der Waals surface area contributed by atoms with Crippen molar-refractivity contribution in [3.8, 4) is 5.75 Å². The average Bonchev–Trinajstić information content (AvgIpc) is 3.22. The molecule has 0 spiro atoms. The number of hydrogen-bond acceptors (Lipinski definition) is 6. The molecule has 3 atom stereocenters. The Hall–Kier alpha value is -2.13. The summed E-state index contributed by atoms with van der Waals surface area (Å²) in [5.41, 5.74) is 0.891. The number of carbonyl (C=O) groups is 2. The fourth-order valence-corrected chi connectivity index (χ4v) is 7.47. The van der Waals surface area contributed by atoms with Gasteiger partial charge in [0, 0.05) is 50.7 Å². The molecule has 1 aromatic rings. The van der Waals surface area contributed by atoms with E-state index in [4.69, 9.17) is 4.74 Å². The molecule has 0 aromatic heterocycles. The van der Waals surface area contributed by atoms with Crippen LogP contribution in [-0.2, 0) is 19.4 Å². The normalized spacial score (nSPS) is 27.7. The van der Waals surface area contributed by atoms with Gasteiger partial charge in [0.1, 0.15) is 5.75 Å². The molecule has 0 bridgehead atoms. The maximum absolute atomic E-state index is 13.8. The van der Waals surface area contributed by atoms with Crippen LogP contribution >= 0.6 is 0 Å². The van der Waals surface area contributed by atoms with Crippen LogP contribution in [0.5, 0.6) is 5.75 Å². The number of methoxy groups -OCH3 is 1. The second kappa shape index (κ2) is 10.6. The Morgan fingerprint density at radius 1 is 1.12 bits per heavy atom. The number of carbonyl (C=O) groups excluding carboxylic acids is 2. The molecule has 9 heteroatoms. The van der Waals surface area contributed by atoms with Gasteiger partial charge in [0.25, 0.3) is 0 Å². The van der Waals surface area contributed by atoms with Gasteiger partial charge in [-0.1, -0.05) is 31.5 Å². The molecule has 2 amide bonds. The lowest BCUT2D eigenvalue weighted by molar-refractivity contribution is -0.149. The van der Waals surface area contributed by atoms with Crippen LogP contribution in [0, 0.1) is 5.92 Å². The van der Waals surface area contributed by atoms with Crippen LogP contribution in [0.15, 0.2) is 24.3 Å². The van der Waals surface area contributed by atoms with E-state index in [0.29, 0.717) is 57.7 Å². The molecule has 8 nitrogen and oxygen atoms in total. The third kappa shape index (κ3) is 5.25. The summed E-state index contributed by atoms with van der Waals surface area (Å²) in [7, 11) is -1.30. The van der Waals surface area contributed by atoms with Gasteiger partial charge in [-0.15, -0.1) is 0 Å². The van der Waals surface area contributed by atoms with E-state index in [1.165, 1.54) is 0 Å². The van der Waals surface area contributed by atoms with Crippen LogP contribution in [0.4, 0.5) is 0 Å². The van der Waals surface area contributed by atoms with Crippen molar-refractivity contribution in [2.45, 2.75) is 51.1 Å². The van der Waals surface area contributed by atoms with Gasteiger partial charge in [0.05, 0.1) is 30.6 Å². The summed E-state index contributed by atoms with van der Waals surface area (Å²) in [5.74, 6) is 1.07. The summed E-state index contributed by atoms with van der Waals surface area (Å²) in [5, 5.41) is 0. The number of para-hydroxylation sites is 1. The Labute approximate surface area is 203 Å². The summed E-state index contributed by atoms with van der Waals surface area (Å²) < 4.78 is 29.4. The SMILES string of the molecule is CCCCN1C(=O)CCC(C(=O)N2CCN(C3CCS(=O)(=O)C3)CC2)C1c1ccccc1OC. The Morgan fingerprint density at radius 2 is 1.85 bits per heavy atom. The van der Waals surface area contributed by atoms with Gasteiger partial charge in [-0.2, -0.15) is 0 Å². The fourth-order valence-electron chi connectivity index (χ4n) is 5.70. The van der Waals surface area contributed by atoms with Crippen molar-refractivity contribution in [2.75, 3.05) is 51.3 Å². The van der Waals surface area contributed by atoms with E-state index in [9.17, 15) is 18.0 Å². The molecule has 0 aliphatic carbocycles. The lowest BCUT2D eigenvalue weighted by Gasteiger charge is -2.44. The van der Waals surface area contributed by atoms with E-state index in [-0.39, 0.29) is 41.3 Å². The van der Waals surface area contributed by atoms with Crippen LogP contribution in [-0.4, -0.2) is 92.3 Å². The minimum absolute atomic E-state index is 0.0698. The van der Waals surface area contributed by atoms with Crippen molar-refractivity contribution in [1.29, 1.82) is 0 Å². The monoisotopic (exact) mass is 491 g/mol. The second-order valence-corrected chi connectivity index (χ2v) is 11.9. The highest BCUT2D eigenvalue weighted by molar-refractivity contribution is 7.91.